The number of halogens is 1. The summed E-state index contributed by atoms with van der Waals surface area (Å²) in [6.45, 7) is 2.19. The highest BCUT2D eigenvalue weighted by Gasteiger charge is 2.54. The molecule has 3 aliphatic rings. The van der Waals surface area contributed by atoms with Crippen LogP contribution < -0.4 is 0 Å². The highest BCUT2D eigenvalue weighted by Crippen LogP contribution is 2.62. The van der Waals surface area contributed by atoms with Gasteiger partial charge in [-0.1, -0.05) is 0 Å². The second-order valence-electron chi connectivity index (χ2n) is 6.15. The summed E-state index contributed by atoms with van der Waals surface area (Å²) in [4.78, 5) is 0. The van der Waals surface area contributed by atoms with E-state index < -0.39 is 0 Å². The van der Waals surface area contributed by atoms with Crippen molar-refractivity contribution in [3.63, 3.8) is 0 Å². The number of fused-ring (bicyclic) bond motifs is 1. The first-order chi connectivity index (χ1) is 7.21. The van der Waals surface area contributed by atoms with E-state index in [1.807, 2.05) is 0 Å². The van der Waals surface area contributed by atoms with Crippen LogP contribution in [0.15, 0.2) is 0 Å². The molecule has 2 heteroatoms. The molecule has 0 radical (unpaired) electrons. The van der Waals surface area contributed by atoms with Crippen LogP contribution in [0.1, 0.15) is 45.4 Å². The van der Waals surface area contributed by atoms with E-state index >= 15 is 0 Å². The van der Waals surface area contributed by atoms with Crippen molar-refractivity contribution in [2.24, 2.45) is 17.3 Å². The van der Waals surface area contributed by atoms with Crippen LogP contribution in [0.25, 0.3) is 0 Å². The smallest absolute Gasteiger partial charge is 0.0585 e. The number of ether oxygens (including phenoxy) is 1. The van der Waals surface area contributed by atoms with E-state index in [1.54, 1.807) is 0 Å². The average molecular weight is 229 g/mol. The molecule has 0 aromatic heterocycles. The Morgan fingerprint density at radius 3 is 2.53 bits per heavy atom. The molecule has 86 valence electrons. The normalized spacial score (nSPS) is 53.2. The second-order valence-corrected chi connectivity index (χ2v) is 6.42. The first-order valence-corrected chi connectivity index (χ1v) is 6.96. The zero-order valence-corrected chi connectivity index (χ0v) is 10.3. The van der Waals surface area contributed by atoms with Gasteiger partial charge >= 0.3 is 0 Å². The molecule has 3 rings (SSSR count). The fourth-order valence-corrected chi connectivity index (χ4v) is 4.18. The second kappa shape index (κ2) is 3.63. The van der Waals surface area contributed by atoms with Crippen molar-refractivity contribution in [1.29, 1.82) is 0 Å². The molecule has 15 heavy (non-hydrogen) atoms. The Kier molecular flexibility index (Phi) is 2.52. The van der Waals surface area contributed by atoms with Crippen molar-refractivity contribution in [3.8, 4) is 0 Å². The lowest BCUT2D eigenvalue weighted by atomic mass is 9.79. The van der Waals surface area contributed by atoms with Crippen molar-refractivity contribution in [2.45, 2.75) is 57.7 Å². The minimum absolute atomic E-state index is 0.448. The summed E-state index contributed by atoms with van der Waals surface area (Å²) in [6.07, 6.45) is 8.99. The van der Waals surface area contributed by atoms with Crippen molar-refractivity contribution >= 4 is 11.6 Å². The number of rotatable bonds is 3. The number of hydrogen-bond donors (Lipinski definition) is 0. The minimum atomic E-state index is 0.448. The zero-order chi connectivity index (χ0) is 10.5. The third kappa shape index (κ3) is 1.93. The van der Waals surface area contributed by atoms with Gasteiger partial charge in [-0.05, 0) is 62.7 Å². The molecule has 0 aromatic carbocycles. The minimum Gasteiger partial charge on any atom is -0.375 e. The summed E-state index contributed by atoms with van der Waals surface area (Å²) in [6, 6.07) is 0. The van der Waals surface area contributed by atoms with Crippen LogP contribution in [-0.4, -0.2) is 18.1 Å². The third-order valence-electron chi connectivity index (χ3n) is 4.72. The molecular weight excluding hydrogens is 208 g/mol. The Bertz CT molecular complexity index is 243. The fourth-order valence-electron chi connectivity index (χ4n) is 3.85. The van der Waals surface area contributed by atoms with Crippen LogP contribution in [0.3, 0.4) is 0 Å². The van der Waals surface area contributed by atoms with E-state index in [4.69, 9.17) is 16.3 Å². The van der Waals surface area contributed by atoms with Crippen molar-refractivity contribution in [1.82, 2.24) is 0 Å². The Morgan fingerprint density at radius 1 is 1.27 bits per heavy atom. The van der Waals surface area contributed by atoms with Crippen molar-refractivity contribution < 1.29 is 4.74 Å². The van der Waals surface area contributed by atoms with E-state index in [0.29, 0.717) is 17.6 Å². The molecule has 0 N–H and O–H groups in total. The molecule has 0 bridgehead atoms. The van der Waals surface area contributed by atoms with Crippen molar-refractivity contribution in [2.75, 3.05) is 5.88 Å². The molecule has 1 aliphatic heterocycles. The molecule has 0 aromatic rings. The Balaban J connectivity index is 1.60. The first kappa shape index (κ1) is 10.4. The van der Waals surface area contributed by atoms with E-state index in [0.717, 1.165) is 17.7 Å². The molecule has 4 atom stereocenters. The van der Waals surface area contributed by atoms with Crippen LogP contribution in [-0.2, 0) is 4.74 Å². The molecule has 3 fully saturated rings. The van der Waals surface area contributed by atoms with Crippen LogP contribution in [0.2, 0.25) is 0 Å². The van der Waals surface area contributed by atoms with E-state index in [1.165, 1.54) is 38.5 Å². The predicted octanol–water partition coefficient (Wildman–Crippen LogP) is 3.60. The van der Waals surface area contributed by atoms with E-state index in [9.17, 15) is 0 Å². The summed E-state index contributed by atoms with van der Waals surface area (Å²) in [5.41, 5.74) is 0.448. The molecular formula is C13H21ClO. The molecule has 0 spiro atoms. The highest BCUT2D eigenvalue weighted by atomic mass is 35.5. The maximum Gasteiger partial charge on any atom is 0.0585 e. The number of alkyl halides is 1. The van der Waals surface area contributed by atoms with Crippen LogP contribution in [0, 0.1) is 17.3 Å². The maximum atomic E-state index is 6.21. The fraction of sp³-hybridized carbons (Fsp3) is 1.00. The molecule has 1 heterocycles. The Morgan fingerprint density at radius 2 is 2.00 bits per heavy atom. The zero-order valence-electron chi connectivity index (χ0n) is 9.55. The summed E-state index contributed by atoms with van der Waals surface area (Å²) in [5, 5.41) is 0. The van der Waals surface area contributed by atoms with Gasteiger partial charge in [-0.15, -0.1) is 11.6 Å². The van der Waals surface area contributed by atoms with E-state index in [-0.39, 0.29) is 0 Å². The summed E-state index contributed by atoms with van der Waals surface area (Å²) in [7, 11) is 0. The molecule has 1 saturated heterocycles. The lowest BCUT2D eigenvalue weighted by Crippen LogP contribution is -2.27. The van der Waals surface area contributed by atoms with Gasteiger partial charge in [0.1, 0.15) is 0 Å². The van der Waals surface area contributed by atoms with Gasteiger partial charge in [0.15, 0.2) is 0 Å². The monoisotopic (exact) mass is 228 g/mol. The van der Waals surface area contributed by atoms with Gasteiger partial charge in [0.25, 0.3) is 0 Å². The highest BCUT2D eigenvalue weighted by molar-refractivity contribution is 6.18. The molecule has 1 nitrogen and oxygen atoms in total. The Hall–Kier alpha value is 0.250. The third-order valence-corrected chi connectivity index (χ3v) is 5.29. The summed E-state index contributed by atoms with van der Waals surface area (Å²) >= 11 is 6.21. The molecule has 0 amide bonds. The SMILES string of the molecule is CC1CCC(CC2(CCl)CC3CC3C2)O1. The van der Waals surface area contributed by atoms with Gasteiger partial charge in [-0.3, -0.25) is 0 Å². The van der Waals surface area contributed by atoms with Gasteiger partial charge in [0.2, 0.25) is 0 Å². The van der Waals surface area contributed by atoms with Gasteiger partial charge in [0, 0.05) is 5.88 Å². The Labute approximate surface area is 97.5 Å². The van der Waals surface area contributed by atoms with E-state index in [2.05, 4.69) is 6.92 Å². The molecule has 4 unspecified atom stereocenters. The topological polar surface area (TPSA) is 9.23 Å². The van der Waals surface area contributed by atoms with Gasteiger partial charge in [-0.25, -0.2) is 0 Å². The van der Waals surface area contributed by atoms with Crippen LogP contribution in [0.5, 0.6) is 0 Å². The lowest BCUT2D eigenvalue weighted by Gasteiger charge is -2.31. The van der Waals surface area contributed by atoms with Gasteiger partial charge in [0.05, 0.1) is 12.2 Å². The average Bonchev–Trinajstić information content (AvgIpc) is 2.65. The maximum absolute atomic E-state index is 6.21. The van der Waals surface area contributed by atoms with Crippen LogP contribution in [0.4, 0.5) is 0 Å². The molecule has 2 aliphatic carbocycles. The summed E-state index contributed by atoms with van der Waals surface area (Å²) < 4.78 is 5.94. The quantitative estimate of drug-likeness (QED) is 0.671. The predicted molar refractivity (Wildman–Crippen MR) is 62.2 cm³/mol. The van der Waals surface area contributed by atoms with Gasteiger partial charge in [-0.2, -0.15) is 0 Å². The molecule has 2 saturated carbocycles. The first-order valence-electron chi connectivity index (χ1n) is 6.42. The number of hydrogen-bond acceptors (Lipinski definition) is 1. The standard InChI is InChI=1S/C13H21ClO/c1-9-2-3-12(15-9)7-13(8-14)5-10-4-11(10)6-13/h9-12H,2-8H2,1H3. The van der Waals surface area contributed by atoms with Crippen molar-refractivity contribution in [3.05, 3.63) is 0 Å². The van der Waals surface area contributed by atoms with Gasteiger partial charge < -0.3 is 4.74 Å². The lowest BCUT2D eigenvalue weighted by molar-refractivity contribution is 0.0245. The van der Waals surface area contributed by atoms with Crippen LogP contribution >= 0.6 is 11.6 Å². The largest absolute Gasteiger partial charge is 0.375 e. The summed E-state index contributed by atoms with van der Waals surface area (Å²) in [5.74, 6) is 2.92.